The van der Waals surface area contributed by atoms with E-state index < -0.39 is 10.0 Å². The van der Waals surface area contributed by atoms with Crippen LogP contribution in [0.4, 0.5) is 11.5 Å². The molecule has 0 spiro atoms. The topological polar surface area (TPSA) is 76.3 Å². The van der Waals surface area contributed by atoms with Crippen molar-refractivity contribution in [2.45, 2.75) is 18.7 Å². The number of nitrogens with zero attached hydrogens (tertiary/aromatic N) is 2. The van der Waals surface area contributed by atoms with Crippen LogP contribution in [0.15, 0.2) is 41.4 Å². The van der Waals surface area contributed by atoms with Crippen molar-refractivity contribution in [3.63, 3.8) is 0 Å². The van der Waals surface area contributed by atoms with Gasteiger partial charge in [-0.1, -0.05) is 6.07 Å². The molecule has 0 amide bonds. The molecule has 0 unspecified atom stereocenters. The van der Waals surface area contributed by atoms with E-state index in [0.29, 0.717) is 5.69 Å². The van der Waals surface area contributed by atoms with Crippen molar-refractivity contribution in [2.24, 2.45) is 0 Å². The standard InChI is InChI=1S/C14H17N3O2S/c1-10-6-11(2)8-12(7-10)17(3)20(18,19)13-4-5-16-14(15)9-13/h4-9H,1-3H3,(H2,15,16). The fraction of sp³-hybridized carbons (Fsp3) is 0.214. The molecule has 0 saturated heterocycles. The molecule has 20 heavy (non-hydrogen) atoms. The summed E-state index contributed by atoms with van der Waals surface area (Å²) in [6.45, 7) is 3.86. The summed E-state index contributed by atoms with van der Waals surface area (Å²) in [5.41, 5.74) is 8.19. The first-order chi connectivity index (χ1) is 9.30. The van der Waals surface area contributed by atoms with Crippen LogP contribution in [0.2, 0.25) is 0 Å². The molecule has 0 aliphatic heterocycles. The summed E-state index contributed by atoms with van der Waals surface area (Å²) in [4.78, 5) is 3.94. The number of anilines is 2. The molecule has 6 heteroatoms. The minimum atomic E-state index is -3.63. The predicted octanol–water partition coefficient (Wildman–Crippen LogP) is 2.11. The highest BCUT2D eigenvalue weighted by molar-refractivity contribution is 7.92. The predicted molar refractivity (Wildman–Crippen MR) is 80.2 cm³/mol. The van der Waals surface area contributed by atoms with Gasteiger partial charge in [0.25, 0.3) is 10.0 Å². The SMILES string of the molecule is Cc1cc(C)cc(N(C)S(=O)(=O)c2ccnc(N)c2)c1. The van der Waals surface area contributed by atoms with E-state index >= 15 is 0 Å². The van der Waals surface area contributed by atoms with Gasteiger partial charge in [-0.05, 0) is 43.2 Å². The number of sulfonamides is 1. The molecule has 1 aromatic carbocycles. The molecule has 2 N–H and O–H groups in total. The highest BCUT2D eigenvalue weighted by Crippen LogP contribution is 2.24. The van der Waals surface area contributed by atoms with Gasteiger partial charge in [-0.25, -0.2) is 13.4 Å². The molecule has 0 saturated carbocycles. The second-order valence-corrected chi connectivity index (χ2v) is 6.70. The maximum atomic E-state index is 12.6. The zero-order valence-electron chi connectivity index (χ0n) is 11.7. The van der Waals surface area contributed by atoms with Gasteiger partial charge in [-0.15, -0.1) is 0 Å². The first-order valence-corrected chi connectivity index (χ1v) is 7.53. The highest BCUT2D eigenvalue weighted by atomic mass is 32.2. The lowest BCUT2D eigenvalue weighted by Crippen LogP contribution is -2.26. The Labute approximate surface area is 119 Å². The number of nitrogen functional groups attached to an aromatic ring is 1. The van der Waals surface area contributed by atoms with Crippen molar-refractivity contribution in [3.05, 3.63) is 47.7 Å². The number of pyridine rings is 1. The molecule has 1 aromatic heterocycles. The number of aromatic nitrogens is 1. The Bertz CT molecular complexity index is 722. The number of aryl methyl sites for hydroxylation is 2. The highest BCUT2D eigenvalue weighted by Gasteiger charge is 2.21. The van der Waals surface area contributed by atoms with Gasteiger partial charge in [-0.2, -0.15) is 0 Å². The van der Waals surface area contributed by atoms with Crippen molar-refractivity contribution >= 4 is 21.5 Å². The molecule has 2 rings (SSSR count). The number of rotatable bonds is 3. The molecule has 1 heterocycles. The zero-order valence-corrected chi connectivity index (χ0v) is 12.5. The van der Waals surface area contributed by atoms with E-state index in [1.54, 1.807) is 0 Å². The fourth-order valence-corrected chi connectivity index (χ4v) is 3.22. The van der Waals surface area contributed by atoms with Crippen molar-refractivity contribution < 1.29 is 8.42 Å². The normalized spacial score (nSPS) is 11.3. The van der Waals surface area contributed by atoms with Crippen molar-refractivity contribution in [2.75, 3.05) is 17.1 Å². The van der Waals surface area contributed by atoms with E-state index in [4.69, 9.17) is 5.73 Å². The van der Waals surface area contributed by atoms with E-state index in [9.17, 15) is 8.42 Å². The van der Waals surface area contributed by atoms with Crippen molar-refractivity contribution in [1.29, 1.82) is 0 Å². The molecule has 5 nitrogen and oxygen atoms in total. The van der Waals surface area contributed by atoms with E-state index in [-0.39, 0.29) is 10.7 Å². The Balaban J connectivity index is 2.48. The molecule has 2 aromatic rings. The summed E-state index contributed by atoms with van der Waals surface area (Å²) in [5.74, 6) is 0.180. The third-order valence-corrected chi connectivity index (χ3v) is 4.76. The zero-order chi connectivity index (χ0) is 14.9. The summed E-state index contributed by atoms with van der Waals surface area (Å²) in [7, 11) is -2.11. The Morgan fingerprint density at radius 2 is 1.70 bits per heavy atom. The molecular formula is C14H17N3O2S. The number of hydrogen-bond acceptors (Lipinski definition) is 4. The Kier molecular flexibility index (Phi) is 3.67. The average Bonchev–Trinajstić information content (AvgIpc) is 2.36. The number of nitrogens with two attached hydrogens (primary N) is 1. The Morgan fingerprint density at radius 3 is 2.25 bits per heavy atom. The molecule has 106 valence electrons. The molecule has 0 radical (unpaired) electrons. The molecule has 0 aliphatic carbocycles. The smallest absolute Gasteiger partial charge is 0.264 e. The van der Waals surface area contributed by atoms with Crippen molar-refractivity contribution in [3.8, 4) is 0 Å². The van der Waals surface area contributed by atoms with Gasteiger partial charge in [0.1, 0.15) is 5.82 Å². The van der Waals surface area contributed by atoms with Crippen LogP contribution in [0, 0.1) is 13.8 Å². The van der Waals surface area contributed by atoms with Crippen LogP contribution < -0.4 is 10.0 Å². The quantitative estimate of drug-likeness (QED) is 0.939. The third kappa shape index (κ3) is 2.75. The van der Waals surface area contributed by atoms with E-state index in [1.807, 2.05) is 32.0 Å². The monoisotopic (exact) mass is 291 g/mol. The maximum Gasteiger partial charge on any atom is 0.264 e. The minimum absolute atomic E-state index is 0.131. The van der Waals surface area contributed by atoms with Crippen LogP contribution in [0.25, 0.3) is 0 Å². The lowest BCUT2D eigenvalue weighted by atomic mass is 10.1. The van der Waals surface area contributed by atoms with Gasteiger partial charge in [0.05, 0.1) is 10.6 Å². The third-order valence-electron chi connectivity index (χ3n) is 2.98. The van der Waals surface area contributed by atoms with Crippen LogP contribution in [0.5, 0.6) is 0 Å². The van der Waals surface area contributed by atoms with Gasteiger partial charge < -0.3 is 5.73 Å². The fourth-order valence-electron chi connectivity index (χ4n) is 2.02. The molecular weight excluding hydrogens is 274 g/mol. The second kappa shape index (κ2) is 5.13. The Hall–Kier alpha value is -2.08. The lowest BCUT2D eigenvalue weighted by Gasteiger charge is -2.20. The second-order valence-electron chi connectivity index (χ2n) is 4.73. The summed E-state index contributed by atoms with van der Waals surface area (Å²) in [6, 6.07) is 8.44. The summed E-state index contributed by atoms with van der Waals surface area (Å²) >= 11 is 0. The van der Waals surface area contributed by atoms with Gasteiger partial charge in [0.15, 0.2) is 0 Å². The largest absolute Gasteiger partial charge is 0.384 e. The van der Waals surface area contributed by atoms with Crippen molar-refractivity contribution in [1.82, 2.24) is 4.98 Å². The molecule has 0 bridgehead atoms. The van der Waals surface area contributed by atoms with Crippen LogP contribution in [0.1, 0.15) is 11.1 Å². The van der Waals surface area contributed by atoms with Gasteiger partial charge >= 0.3 is 0 Å². The number of hydrogen-bond donors (Lipinski definition) is 1. The molecule has 0 fully saturated rings. The van der Waals surface area contributed by atoms with E-state index in [2.05, 4.69) is 4.98 Å². The van der Waals surface area contributed by atoms with E-state index in [0.717, 1.165) is 11.1 Å². The maximum absolute atomic E-state index is 12.6. The first kappa shape index (κ1) is 14.3. The van der Waals surface area contributed by atoms with Gasteiger partial charge in [0.2, 0.25) is 0 Å². The van der Waals surface area contributed by atoms with Gasteiger partial charge in [-0.3, -0.25) is 4.31 Å². The van der Waals surface area contributed by atoms with Gasteiger partial charge in [0, 0.05) is 19.3 Å². The summed E-state index contributed by atoms with van der Waals surface area (Å²) in [6.07, 6.45) is 1.39. The summed E-state index contributed by atoms with van der Waals surface area (Å²) in [5, 5.41) is 0. The average molecular weight is 291 g/mol. The minimum Gasteiger partial charge on any atom is -0.384 e. The van der Waals surface area contributed by atoms with E-state index in [1.165, 1.54) is 29.7 Å². The molecule has 0 aliphatic rings. The van der Waals surface area contributed by atoms with Crippen LogP contribution in [0.3, 0.4) is 0 Å². The first-order valence-electron chi connectivity index (χ1n) is 6.09. The molecule has 0 atom stereocenters. The van der Waals surface area contributed by atoms with Crippen LogP contribution in [-0.4, -0.2) is 20.4 Å². The van der Waals surface area contributed by atoms with Crippen LogP contribution >= 0.6 is 0 Å². The lowest BCUT2D eigenvalue weighted by molar-refractivity contribution is 0.594. The van der Waals surface area contributed by atoms with Crippen LogP contribution in [-0.2, 0) is 10.0 Å². The summed E-state index contributed by atoms with van der Waals surface area (Å²) < 4.78 is 26.4. The Morgan fingerprint density at radius 1 is 1.10 bits per heavy atom. The number of benzene rings is 1.